The summed E-state index contributed by atoms with van der Waals surface area (Å²) in [6.07, 6.45) is 4.60. The molecule has 0 aromatic carbocycles. The molecule has 3 nitrogen and oxygen atoms in total. The third-order valence-corrected chi connectivity index (χ3v) is 3.32. The Morgan fingerprint density at radius 2 is 2.19 bits per heavy atom. The van der Waals surface area contributed by atoms with E-state index < -0.39 is 5.54 Å². The molecule has 0 radical (unpaired) electrons. The molecule has 0 saturated heterocycles. The van der Waals surface area contributed by atoms with E-state index >= 15 is 0 Å². The zero-order valence-corrected chi connectivity index (χ0v) is 10.8. The van der Waals surface area contributed by atoms with Gasteiger partial charge in [0.25, 0.3) is 0 Å². The zero-order valence-electron chi connectivity index (χ0n) is 10.8. The minimum absolute atomic E-state index is 0.433. The van der Waals surface area contributed by atoms with Crippen molar-refractivity contribution < 1.29 is 4.74 Å². The Kier molecular flexibility index (Phi) is 5.24. The third-order valence-electron chi connectivity index (χ3n) is 3.32. The Labute approximate surface area is 99.2 Å². The van der Waals surface area contributed by atoms with Crippen molar-refractivity contribution in [3.8, 4) is 6.07 Å². The van der Waals surface area contributed by atoms with E-state index in [0.717, 1.165) is 31.8 Å². The van der Waals surface area contributed by atoms with Gasteiger partial charge in [-0.2, -0.15) is 5.26 Å². The van der Waals surface area contributed by atoms with Crippen LogP contribution in [0.15, 0.2) is 0 Å². The SMILES string of the molecule is CNC(C#N)(COCCCC(C)C)C1CC1. The lowest BCUT2D eigenvalue weighted by molar-refractivity contribution is 0.0799. The van der Waals surface area contributed by atoms with Gasteiger partial charge in [-0.25, -0.2) is 0 Å². The number of nitrogens with zero attached hydrogens (tertiary/aromatic N) is 1. The molecule has 0 heterocycles. The van der Waals surface area contributed by atoms with Crippen molar-refractivity contribution >= 4 is 0 Å². The highest BCUT2D eigenvalue weighted by Crippen LogP contribution is 2.39. The summed E-state index contributed by atoms with van der Waals surface area (Å²) in [6.45, 7) is 5.74. The number of ether oxygens (including phenoxy) is 1. The molecule has 1 fully saturated rings. The van der Waals surface area contributed by atoms with Gasteiger partial charge in [0.05, 0.1) is 12.7 Å². The van der Waals surface area contributed by atoms with Crippen molar-refractivity contribution in [1.29, 1.82) is 5.26 Å². The van der Waals surface area contributed by atoms with Gasteiger partial charge in [0, 0.05) is 6.61 Å². The van der Waals surface area contributed by atoms with Crippen LogP contribution in [-0.2, 0) is 4.74 Å². The van der Waals surface area contributed by atoms with Crippen LogP contribution in [0.1, 0.15) is 39.5 Å². The number of likely N-dealkylation sites (N-methyl/N-ethyl adjacent to an activating group) is 1. The molecule has 1 rings (SSSR count). The highest BCUT2D eigenvalue weighted by atomic mass is 16.5. The van der Waals surface area contributed by atoms with Crippen molar-refractivity contribution in [1.82, 2.24) is 5.32 Å². The highest BCUT2D eigenvalue weighted by molar-refractivity contribution is 5.14. The number of rotatable bonds is 8. The molecular weight excluding hydrogens is 200 g/mol. The fourth-order valence-electron chi connectivity index (χ4n) is 1.98. The fraction of sp³-hybridized carbons (Fsp3) is 0.923. The molecule has 1 N–H and O–H groups in total. The number of nitriles is 1. The maximum Gasteiger partial charge on any atom is 0.132 e. The zero-order chi connectivity index (χ0) is 12.0. The summed E-state index contributed by atoms with van der Waals surface area (Å²) >= 11 is 0. The van der Waals surface area contributed by atoms with Crippen LogP contribution in [-0.4, -0.2) is 25.8 Å². The van der Waals surface area contributed by atoms with Gasteiger partial charge in [-0.1, -0.05) is 13.8 Å². The van der Waals surface area contributed by atoms with Gasteiger partial charge in [0.1, 0.15) is 5.54 Å². The molecule has 0 amide bonds. The molecule has 1 unspecified atom stereocenters. The van der Waals surface area contributed by atoms with Crippen LogP contribution < -0.4 is 5.32 Å². The van der Waals surface area contributed by atoms with Crippen LogP contribution in [0.3, 0.4) is 0 Å². The first kappa shape index (κ1) is 13.5. The molecule has 92 valence electrons. The Morgan fingerprint density at radius 1 is 1.50 bits per heavy atom. The van der Waals surface area contributed by atoms with E-state index in [0.29, 0.717) is 12.5 Å². The largest absolute Gasteiger partial charge is 0.378 e. The minimum atomic E-state index is -0.433. The lowest BCUT2D eigenvalue weighted by Gasteiger charge is -2.25. The van der Waals surface area contributed by atoms with E-state index in [1.165, 1.54) is 6.42 Å². The monoisotopic (exact) mass is 224 g/mol. The molecule has 0 aliphatic heterocycles. The van der Waals surface area contributed by atoms with Crippen LogP contribution in [0.5, 0.6) is 0 Å². The average Bonchev–Trinajstić information content (AvgIpc) is 3.08. The second-order valence-corrected chi connectivity index (χ2v) is 5.20. The van der Waals surface area contributed by atoms with Crippen molar-refractivity contribution in [3.63, 3.8) is 0 Å². The Hall–Kier alpha value is -0.590. The summed E-state index contributed by atoms with van der Waals surface area (Å²) in [7, 11) is 1.86. The highest BCUT2D eigenvalue weighted by Gasteiger charge is 2.44. The molecule has 0 bridgehead atoms. The van der Waals surface area contributed by atoms with Crippen LogP contribution in [0.2, 0.25) is 0 Å². The molecule has 0 aromatic heterocycles. The lowest BCUT2D eigenvalue weighted by Crippen LogP contribution is -2.48. The van der Waals surface area contributed by atoms with E-state index in [4.69, 9.17) is 4.74 Å². The maximum absolute atomic E-state index is 9.24. The molecule has 1 aliphatic carbocycles. The Bertz CT molecular complexity index is 243. The Morgan fingerprint density at radius 3 is 2.62 bits per heavy atom. The van der Waals surface area contributed by atoms with E-state index in [2.05, 4.69) is 25.2 Å². The van der Waals surface area contributed by atoms with E-state index in [-0.39, 0.29) is 0 Å². The van der Waals surface area contributed by atoms with Crippen molar-refractivity contribution in [3.05, 3.63) is 0 Å². The normalized spacial score (nSPS) is 19.4. The summed E-state index contributed by atoms with van der Waals surface area (Å²) in [4.78, 5) is 0. The van der Waals surface area contributed by atoms with Gasteiger partial charge in [0.2, 0.25) is 0 Å². The van der Waals surface area contributed by atoms with Gasteiger partial charge in [0.15, 0.2) is 0 Å². The van der Waals surface area contributed by atoms with Gasteiger partial charge in [-0.3, -0.25) is 0 Å². The fourth-order valence-corrected chi connectivity index (χ4v) is 1.98. The predicted octanol–water partition coefficient (Wildman–Crippen LogP) is 2.33. The Balaban J connectivity index is 2.21. The van der Waals surface area contributed by atoms with E-state index in [1.54, 1.807) is 0 Å². The third kappa shape index (κ3) is 3.77. The summed E-state index contributed by atoms with van der Waals surface area (Å²) in [5, 5.41) is 12.4. The van der Waals surface area contributed by atoms with E-state index in [9.17, 15) is 5.26 Å². The van der Waals surface area contributed by atoms with Gasteiger partial charge in [-0.15, -0.1) is 0 Å². The molecule has 0 aromatic rings. The van der Waals surface area contributed by atoms with Crippen molar-refractivity contribution in [2.75, 3.05) is 20.3 Å². The van der Waals surface area contributed by atoms with Crippen molar-refractivity contribution in [2.24, 2.45) is 11.8 Å². The quantitative estimate of drug-likeness (QED) is 0.644. The summed E-state index contributed by atoms with van der Waals surface area (Å²) < 4.78 is 5.65. The van der Waals surface area contributed by atoms with Crippen LogP contribution in [0.4, 0.5) is 0 Å². The average molecular weight is 224 g/mol. The predicted molar refractivity (Wildman–Crippen MR) is 65.0 cm³/mol. The smallest absolute Gasteiger partial charge is 0.132 e. The maximum atomic E-state index is 9.24. The topological polar surface area (TPSA) is 45.0 Å². The van der Waals surface area contributed by atoms with Crippen LogP contribution >= 0.6 is 0 Å². The molecule has 1 saturated carbocycles. The number of hydrogen-bond donors (Lipinski definition) is 1. The summed E-state index contributed by atoms with van der Waals surface area (Å²) in [5.74, 6) is 1.23. The molecular formula is C13H24N2O. The number of hydrogen-bond acceptors (Lipinski definition) is 3. The van der Waals surface area contributed by atoms with E-state index in [1.807, 2.05) is 7.05 Å². The molecule has 3 heteroatoms. The van der Waals surface area contributed by atoms with Crippen LogP contribution in [0, 0.1) is 23.2 Å². The molecule has 16 heavy (non-hydrogen) atoms. The molecule has 1 aliphatic rings. The van der Waals surface area contributed by atoms with Crippen molar-refractivity contribution in [2.45, 2.75) is 45.1 Å². The first-order valence-electron chi connectivity index (χ1n) is 6.32. The lowest BCUT2D eigenvalue weighted by atomic mass is 9.96. The second kappa shape index (κ2) is 6.22. The minimum Gasteiger partial charge on any atom is -0.378 e. The molecule has 1 atom stereocenters. The molecule has 0 spiro atoms. The van der Waals surface area contributed by atoms with Gasteiger partial charge < -0.3 is 10.1 Å². The summed E-state index contributed by atoms with van der Waals surface area (Å²) in [6, 6.07) is 2.39. The van der Waals surface area contributed by atoms with Crippen LogP contribution in [0.25, 0.3) is 0 Å². The number of nitrogens with one attached hydrogen (secondary N) is 1. The van der Waals surface area contributed by atoms with Gasteiger partial charge >= 0.3 is 0 Å². The first-order valence-corrected chi connectivity index (χ1v) is 6.32. The second-order valence-electron chi connectivity index (χ2n) is 5.20. The van der Waals surface area contributed by atoms with Gasteiger partial charge in [-0.05, 0) is 44.6 Å². The standard InChI is InChI=1S/C13H24N2O/c1-11(2)5-4-8-16-10-13(9-14,15-3)12-6-7-12/h11-12,15H,4-8,10H2,1-3H3. The first-order chi connectivity index (χ1) is 7.64. The summed E-state index contributed by atoms with van der Waals surface area (Å²) in [5.41, 5.74) is -0.433.